The van der Waals surface area contributed by atoms with Crippen LogP contribution in [0.5, 0.6) is 5.75 Å². The number of benzene rings is 2. The predicted octanol–water partition coefficient (Wildman–Crippen LogP) is 4.89. The molecule has 2 aromatic carbocycles. The number of ether oxygens (including phenoxy) is 2. The molecule has 1 aliphatic heterocycles. The third-order valence-electron chi connectivity index (χ3n) is 5.86. The standard InChI is InChI=1S/C25H25ClN2O5S/c1-15-21(34-23(28-15)17-5-7-19(26)8-6-17)22(29)27-14-18-12-16(4-9-20(18)32-2)13-25(24(30)31)10-3-11-33-25/h4-9,12H,3,10-11,13-14H2,1-2H3,(H,27,29)(H,30,31). The Morgan fingerprint density at radius 1 is 1.26 bits per heavy atom. The fourth-order valence-corrected chi connectivity index (χ4v) is 5.18. The van der Waals surface area contributed by atoms with Gasteiger partial charge in [-0.25, -0.2) is 9.78 Å². The molecule has 1 unspecified atom stereocenters. The van der Waals surface area contributed by atoms with Crippen LogP contribution in [0.25, 0.3) is 10.6 Å². The number of methoxy groups -OCH3 is 1. The van der Waals surface area contributed by atoms with Crippen LogP contribution in [0.15, 0.2) is 42.5 Å². The summed E-state index contributed by atoms with van der Waals surface area (Å²) in [5.74, 6) is -0.569. The summed E-state index contributed by atoms with van der Waals surface area (Å²) in [5.41, 5.74) is 1.91. The maximum Gasteiger partial charge on any atom is 0.336 e. The van der Waals surface area contributed by atoms with E-state index in [9.17, 15) is 14.7 Å². The highest BCUT2D eigenvalue weighted by Crippen LogP contribution is 2.32. The van der Waals surface area contributed by atoms with E-state index in [0.717, 1.165) is 28.1 Å². The molecule has 3 aromatic rings. The minimum atomic E-state index is -1.20. The van der Waals surface area contributed by atoms with Crippen molar-refractivity contribution in [2.24, 2.45) is 0 Å². The number of nitrogens with zero attached hydrogens (tertiary/aromatic N) is 1. The molecule has 0 aliphatic carbocycles. The fraction of sp³-hybridized carbons (Fsp3) is 0.320. The minimum absolute atomic E-state index is 0.227. The Hall–Kier alpha value is -2.94. The van der Waals surface area contributed by atoms with E-state index in [-0.39, 0.29) is 18.9 Å². The summed E-state index contributed by atoms with van der Waals surface area (Å²) in [7, 11) is 1.56. The van der Waals surface area contributed by atoms with Crippen LogP contribution >= 0.6 is 22.9 Å². The van der Waals surface area contributed by atoms with Crippen LogP contribution in [0, 0.1) is 6.92 Å². The third kappa shape index (κ3) is 5.09. The molecule has 1 aromatic heterocycles. The highest BCUT2D eigenvalue weighted by molar-refractivity contribution is 7.17. The second kappa shape index (κ2) is 10.1. The molecule has 1 atom stereocenters. The average molecular weight is 501 g/mol. The van der Waals surface area contributed by atoms with Gasteiger partial charge in [0.25, 0.3) is 5.91 Å². The van der Waals surface area contributed by atoms with Crippen LogP contribution in [0.3, 0.4) is 0 Å². The summed E-state index contributed by atoms with van der Waals surface area (Å²) >= 11 is 7.28. The summed E-state index contributed by atoms with van der Waals surface area (Å²) < 4.78 is 11.1. The van der Waals surface area contributed by atoms with Gasteiger partial charge in [-0.2, -0.15) is 0 Å². The zero-order chi connectivity index (χ0) is 24.3. The molecule has 1 aliphatic rings. The van der Waals surface area contributed by atoms with E-state index < -0.39 is 11.6 Å². The van der Waals surface area contributed by atoms with Crippen LogP contribution in [0.2, 0.25) is 5.02 Å². The molecule has 0 bridgehead atoms. The van der Waals surface area contributed by atoms with Gasteiger partial charge in [0, 0.05) is 35.7 Å². The highest BCUT2D eigenvalue weighted by Gasteiger charge is 2.43. The molecular weight excluding hydrogens is 476 g/mol. The van der Waals surface area contributed by atoms with Crippen LogP contribution in [0.4, 0.5) is 0 Å². The number of thiazole rings is 1. The fourth-order valence-electron chi connectivity index (χ4n) is 4.07. The molecule has 1 saturated heterocycles. The molecule has 9 heteroatoms. The first kappa shape index (κ1) is 24.2. The van der Waals surface area contributed by atoms with Crippen LogP contribution in [-0.4, -0.2) is 41.3 Å². The number of hydrogen-bond donors (Lipinski definition) is 2. The largest absolute Gasteiger partial charge is 0.496 e. The van der Waals surface area contributed by atoms with Crippen molar-refractivity contribution in [1.29, 1.82) is 0 Å². The van der Waals surface area contributed by atoms with Gasteiger partial charge in [-0.15, -0.1) is 11.3 Å². The lowest BCUT2D eigenvalue weighted by Gasteiger charge is -2.24. The number of hydrogen-bond acceptors (Lipinski definition) is 6. The monoisotopic (exact) mass is 500 g/mol. The van der Waals surface area contributed by atoms with Crippen LogP contribution in [0.1, 0.15) is 39.3 Å². The van der Waals surface area contributed by atoms with Crippen molar-refractivity contribution in [2.75, 3.05) is 13.7 Å². The van der Waals surface area contributed by atoms with E-state index >= 15 is 0 Å². The number of halogens is 1. The van der Waals surface area contributed by atoms with Gasteiger partial charge in [-0.05, 0) is 43.5 Å². The zero-order valence-electron chi connectivity index (χ0n) is 18.9. The molecule has 1 fully saturated rings. The van der Waals surface area contributed by atoms with Crippen molar-refractivity contribution in [3.63, 3.8) is 0 Å². The number of aryl methyl sites for hydroxylation is 1. The van der Waals surface area contributed by atoms with Crippen molar-refractivity contribution < 1.29 is 24.2 Å². The van der Waals surface area contributed by atoms with E-state index in [1.807, 2.05) is 24.3 Å². The Balaban J connectivity index is 1.49. The minimum Gasteiger partial charge on any atom is -0.496 e. The lowest BCUT2D eigenvalue weighted by Crippen LogP contribution is -2.40. The van der Waals surface area contributed by atoms with Crippen molar-refractivity contribution in [1.82, 2.24) is 10.3 Å². The van der Waals surface area contributed by atoms with Crippen LogP contribution in [-0.2, 0) is 22.5 Å². The highest BCUT2D eigenvalue weighted by atomic mass is 35.5. The Bertz CT molecular complexity index is 1200. The van der Waals surface area contributed by atoms with Gasteiger partial charge in [0.05, 0.1) is 12.8 Å². The quantitative estimate of drug-likeness (QED) is 0.457. The number of aromatic nitrogens is 1. The van der Waals surface area contributed by atoms with Crippen LogP contribution < -0.4 is 10.1 Å². The number of nitrogens with one attached hydrogen (secondary N) is 1. The molecule has 7 nitrogen and oxygen atoms in total. The van der Waals surface area contributed by atoms with Gasteiger partial charge in [0.2, 0.25) is 0 Å². The molecule has 1 amide bonds. The van der Waals surface area contributed by atoms with Gasteiger partial charge >= 0.3 is 5.97 Å². The summed E-state index contributed by atoms with van der Waals surface area (Å²) in [4.78, 5) is 29.9. The maximum absolute atomic E-state index is 12.9. The second-order valence-corrected chi connectivity index (χ2v) is 9.63. The molecule has 2 N–H and O–H groups in total. The summed E-state index contributed by atoms with van der Waals surface area (Å²) in [5, 5.41) is 14.0. The second-order valence-electron chi connectivity index (χ2n) is 8.20. The average Bonchev–Trinajstić information content (AvgIpc) is 3.46. The summed E-state index contributed by atoms with van der Waals surface area (Å²) in [6, 6.07) is 12.8. The molecule has 0 radical (unpaired) electrons. The van der Waals surface area contributed by atoms with Gasteiger partial charge in [-0.3, -0.25) is 4.79 Å². The van der Waals surface area contributed by atoms with Gasteiger partial charge < -0.3 is 19.9 Å². The van der Waals surface area contributed by atoms with Crippen molar-refractivity contribution in [3.8, 4) is 16.3 Å². The SMILES string of the molecule is COc1ccc(CC2(C(=O)O)CCCO2)cc1CNC(=O)c1sc(-c2ccc(Cl)cc2)nc1C. The van der Waals surface area contributed by atoms with E-state index in [1.165, 1.54) is 11.3 Å². The Morgan fingerprint density at radius 2 is 2.03 bits per heavy atom. The number of carboxylic acids is 1. The predicted molar refractivity (Wildman–Crippen MR) is 131 cm³/mol. The Labute approximate surface area is 206 Å². The smallest absolute Gasteiger partial charge is 0.336 e. The zero-order valence-corrected chi connectivity index (χ0v) is 20.5. The normalized spacial score (nSPS) is 17.5. The van der Waals surface area contributed by atoms with Gasteiger partial charge in [0.15, 0.2) is 5.60 Å². The van der Waals surface area contributed by atoms with E-state index in [1.54, 1.807) is 32.2 Å². The molecule has 0 saturated carbocycles. The molecule has 2 heterocycles. The topological polar surface area (TPSA) is 97.8 Å². The maximum atomic E-state index is 12.9. The molecular formula is C25H25ClN2O5S. The lowest BCUT2D eigenvalue weighted by molar-refractivity contribution is -0.159. The summed E-state index contributed by atoms with van der Waals surface area (Å²) in [6.07, 6.45) is 1.45. The van der Waals surface area contributed by atoms with Crippen molar-refractivity contribution in [3.05, 3.63) is 69.2 Å². The number of carbonyl (C=O) groups excluding carboxylic acids is 1. The molecule has 178 valence electrons. The third-order valence-corrected chi connectivity index (χ3v) is 7.32. The Morgan fingerprint density at radius 3 is 2.68 bits per heavy atom. The number of carboxylic acid groups (broad SMARTS) is 1. The van der Waals surface area contributed by atoms with E-state index in [4.69, 9.17) is 21.1 Å². The lowest BCUT2D eigenvalue weighted by atomic mass is 9.91. The first-order chi connectivity index (χ1) is 16.3. The van der Waals surface area contributed by atoms with E-state index in [0.29, 0.717) is 34.4 Å². The number of carbonyl (C=O) groups is 2. The first-order valence-corrected chi connectivity index (χ1v) is 12.1. The van der Waals surface area contributed by atoms with Crippen molar-refractivity contribution in [2.45, 2.75) is 38.3 Å². The summed E-state index contributed by atoms with van der Waals surface area (Å²) in [6.45, 7) is 2.47. The number of amides is 1. The van der Waals surface area contributed by atoms with Gasteiger partial charge in [-0.1, -0.05) is 35.9 Å². The molecule has 34 heavy (non-hydrogen) atoms. The molecule has 4 rings (SSSR count). The Kier molecular flexibility index (Phi) is 7.21. The first-order valence-electron chi connectivity index (χ1n) is 10.9. The van der Waals surface area contributed by atoms with Crippen molar-refractivity contribution >= 4 is 34.8 Å². The molecule has 0 spiro atoms. The van der Waals surface area contributed by atoms with Gasteiger partial charge in [0.1, 0.15) is 15.6 Å². The number of rotatable bonds is 8. The van der Waals surface area contributed by atoms with E-state index in [2.05, 4.69) is 10.3 Å². The number of aliphatic carboxylic acids is 1.